The fraction of sp³-hybridized carbons (Fsp3) is 0.231. The topological polar surface area (TPSA) is 67.4 Å². The number of para-hydroxylation sites is 1. The van der Waals surface area contributed by atoms with Crippen molar-refractivity contribution >= 4 is 21.8 Å². The summed E-state index contributed by atoms with van der Waals surface area (Å²) in [6.45, 7) is 4.83. The summed E-state index contributed by atoms with van der Waals surface area (Å²) in [7, 11) is 0. The van der Waals surface area contributed by atoms with Gasteiger partial charge in [0.15, 0.2) is 17.5 Å². The lowest BCUT2D eigenvalue weighted by molar-refractivity contribution is 0.0702. The van der Waals surface area contributed by atoms with E-state index < -0.39 is 0 Å². The molecule has 2 fully saturated rings. The number of aromatic nitrogens is 4. The van der Waals surface area contributed by atoms with Gasteiger partial charge in [-0.2, -0.15) is 5.26 Å². The van der Waals surface area contributed by atoms with E-state index in [1.54, 1.807) is 0 Å². The van der Waals surface area contributed by atoms with Crippen molar-refractivity contribution in [2.45, 2.75) is 57.8 Å². The summed E-state index contributed by atoms with van der Waals surface area (Å²) in [5.74, 6) is 4.25. The van der Waals surface area contributed by atoms with Gasteiger partial charge in [-0.25, -0.2) is 15.0 Å². The predicted octanol–water partition coefficient (Wildman–Crippen LogP) is 13.0. The highest BCUT2D eigenvalue weighted by Gasteiger charge is 2.45. The molecule has 0 amide bonds. The Balaban J connectivity index is 1.08. The number of nitriles is 1. The SMILES string of the molecule is CC[C@@H]1C[C@@H]2C[C@H](C)CC(c3ccc(-c4nc(-c5ccc(C#N)cc5)nc(-c5ccc6c(c5)c5ccccc5n6-c5cccc(-c6ccccc6)c5)n4)cc3)(C1)C2. The van der Waals surface area contributed by atoms with Crippen molar-refractivity contribution in [3.8, 4) is 57.0 Å². The van der Waals surface area contributed by atoms with E-state index in [0.29, 0.717) is 23.0 Å². The first-order chi connectivity index (χ1) is 28.0. The van der Waals surface area contributed by atoms with Crippen LogP contribution in [0.25, 0.3) is 72.8 Å². The van der Waals surface area contributed by atoms with Crippen molar-refractivity contribution < 1.29 is 0 Å². The van der Waals surface area contributed by atoms with Crippen LogP contribution in [0.1, 0.15) is 63.5 Å². The molecule has 57 heavy (non-hydrogen) atoms. The van der Waals surface area contributed by atoms with Crippen LogP contribution in [0.2, 0.25) is 0 Å². The first kappa shape index (κ1) is 35.1. The van der Waals surface area contributed by atoms with Crippen LogP contribution in [0, 0.1) is 29.1 Å². The first-order valence-corrected chi connectivity index (χ1v) is 20.5. The Kier molecular flexibility index (Phi) is 8.79. The molecule has 6 aromatic carbocycles. The van der Waals surface area contributed by atoms with Crippen LogP contribution in [0.5, 0.6) is 0 Å². The maximum Gasteiger partial charge on any atom is 0.164 e. The Morgan fingerprint density at radius 2 is 1.25 bits per heavy atom. The minimum Gasteiger partial charge on any atom is -0.309 e. The van der Waals surface area contributed by atoms with Crippen LogP contribution < -0.4 is 0 Å². The smallest absolute Gasteiger partial charge is 0.164 e. The standard InChI is InChI=1S/C52H45N5/c1-3-35-27-37-26-34(2)30-52(31-35,32-37)43-23-20-40(21-24-43)50-54-49(39-18-16-36(33-53)17-19-39)55-51(56-50)42-22-25-48-46(29-42)45-14-7-8-15-47(45)57(48)44-13-9-12-41(28-44)38-10-5-4-6-11-38/h4-25,28-29,34-35,37H,3,26-27,30-32H2,1-2H3/t34-,35+,37-,52?/m0/s1. The summed E-state index contributed by atoms with van der Waals surface area (Å²) >= 11 is 0. The van der Waals surface area contributed by atoms with Gasteiger partial charge in [-0.3, -0.25) is 0 Å². The van der Waals surface area contributed by atoms with Crippen molar-refractivity contribution in [2.24, 2.45) is 17.8 Å². The summed E-state index contributed by atoms with van der Waals surface area (Å²) in [5, 5.41) is 11.8. The lowest BCUT2D eigenvalue weighted by Gasteiger charge is -2.51. The minimum atomic E-state index is 0.259. The summed E-state index contributed by atoms with van der Waals surface area (Å²) in [5.41, 5.74) is 10.8. The maximum atomic E-state index is 9.51. The van der Waals surface area contributed by atoms with Gasteiger partial charge in [-0.05, 0) is 133 Å². The Morgan fingerprint density at radius 1 is 0.596 bits per heavy atom. The summed E-state index contributed by atoms with van der Waals surface area (Å²) in [6, 6.07) is 53.4. The molecule has 1 unspecified atom stereocenters. The van der Waals surface area contributed by atoms with Gasteiger partial charge < -0.3 is 4.57 Å². The second-order valence-electron chi connectivity index (χ2n) is 16.7. The fourth-order valence-corrected chi connectivity index (χ4v) is 10.4. The predicted molar refractivity (Wildman–Crippen MR) is 232 cm³/mol. The third kappa shape index (κ3) is 6.40. The van der Waals surface area contributed by atoms with Crippen LogP contribution >= 0.6 is 0 Å². The molecule has 2 aliphatic carbocycles. The van der Waals surface area contributed by atoms with E-state index in [2.05, 4.69) is 146 Å². The van der Waals surface area contributed by atoms with Gasteiger partial charge in [0.2, 0.25) is 0 Å². The lowest BCUT2D eigenvalue weighted by atomic mass is 9.54. The molecule has 278 valence electrons. The van der Waals surface area contributed by atoms with Crippen LogP contribution in [-0.4, -0.2) is 19.5 Å². The molecule has 2 aliphatic rings. The zero-order valence-electron chi connectivity index (χ0n) is 32.6. The molecular weight excluding hydrogens is 695 g/mol. The second kappa shape index (κ2) is 14.3. The maximum absolute atomic E-state index is 9.51. The number of hydrogen-bond donors (Lipinski definition) is 0. The molecule has 2 bridgehead atoms. The summed E-state index contributed by atoms with van der Waals surface area (Å²) < 4.78 is 2.35. The van der Waals surface area contributed by atoms with Gasteiger partial charge in [0.1, 0.15) is 0 Å². The third-order valence-corrected chi connectivity index (χ3v) is 12.9. The minimum absolute atomic E-state index is 0.259. The van der Waals surface area contributed by atoms with Crippen molar-refractivity contribution in [1.82, 2.24) is 19.5 Å². The Labute approximate surface area is 334 Å². The molecule has 0 radical (unpaired) electrons. The lowest BCUT2D eigenvalue weighted by Crippen LogP contribution is -2.42. The fourth-order valence-electron chi connectivity index (χ4n) is 10.4. The second-order valence-corrected chi connectivity index (χ2v) is 16.7. The van der Waals surface area contributed by atoms with Crippen molar-refractivity contribution in [3.05, 3.63) is 157 Å². The van der Waals surface area contributed by atoms with Gasteiger partial charge in [-0.1, -0.05) is 105 Å². The molecule has 2 saturated carbocycles. The van der Waals surface area contributed by atoms with Crippen molar-refractivity contribution in [3.63, 3.8) is 0 Å². The van der Waals surface area contributed by atoms with E-state index in [9.17, 15) is 5.26 Å². The Morgan fingerprint density at radius 3 is 1.98 bits per heavy atom. The Bertz CT molecular complexity index is 2790. The monoisotopic (exact) mass is 739 g/mol. The van der Waals surface area contributed by atoms with Crippen LogP contribution in [0.4, 0.5) is 0 Å². The molecule has 10 rings (SSSR count). The van der Waals surface area contributed by atoms with Gasteiger partial charge in [-0.15, -0.1) is 0 Å². The van der Waals surface area contributed by atoms with Crippen molar-refractivity contribution in [2.75, 3.05) is 0 Å². The summed E-state index contributed by atoms with van der Waals surface area (Å²) in [6.07, 6.45) is 7.90. The van der Waals surface area contributed by atoms with E-state index in [1.165, 1.54) is 60.6 Å². The molecular formula is C52H45N5. The average Bonchev–Trinajstić information content (AvgIpc) is 3.60. The molecule has 0 saturated heterocycles. The number of rotatable bonds is 7. The quantitative estimate of drug-likeness (QED) is 0.163. The van der Waals surface area contributed by atoms with E-state index in [1.807, 2.05) is 24.3 Å². The van der Waals surface area contributed by atoms with Crippen LogP contribution in [0.3, 0.4) is 0 Å². The van der Waals surface area contributed by atoms with Crippen LogP contribution in [-0.2, 0) is 5.41 Å². The number of hydrogen-bond acceptors (Lipinski definition) is 4. The van der Waals surface area contributed by atoms with E-state index in [4.69, 9.17) is 15.0 Å². The molecule has 2 aromatic heterocycles. The molecule has 8 aromatic rings. The number of nitrogens with zero attached hydrogens (tertiary/aromatic N) is 5. The molecule has 2 heterocycles. The first-order valence-electron chi connectivity index (χ1n) is 20.5. The van der Waals surface area contributed by atoms with Gasteiger partial charge in [0.05, 0.1) is 22.7 Å². The third-order valence-electron chi connectivity index (χ3n) is 12.9. The highest BCUT2D eigenvalue weighted by atomic mass is 15.0. The zero-order valence-corrected chi connectivity index (χ0v) is 32.6. The molecule has 4 atom stereocenters. The van der Waals surface area contributed by atoms with E-state index >= 15 is 0 Å². The van der Waals surface area contributed by atoms with E-state index in [0.717, 1.165) is 56.6 Å². The molecule has 5 nitrogen and oxygen atoms in total. The normalized spacial score (nSPS) is 20.4. The summed E-state index contributed by atoms with van der Waals surface area (Å²) in [4.78, 5) is 15.4. The van der Waals surface area contributed by atoms with Crippen LogP contribution in [0.15, 0.2) is 146 Å². The highest BCUT2D eigenvalue weighted by Crippen LogP contribution is 2.54. The average molecular weight is 740 g/mol. The molecule has 0 aliphatic heterocycles. The van der Waals surface area contributed by atoms with Gasteiger partial charge in [0, 0.05) is 33.2 Å². The highest BCUT2D eigenvalue weighted by molar-refractivity contribution is 6.10. The Hall–Kier alpha value is -6.38. The van der Waals surface area contributed by atoms with Gasteiger partial charge in [0.25, 0.3) is 0 Å². The van der Waals surface area contributed by atoms with Gasteiger partial charge >= 0.3 is 0 Å². The van der Waals surface area contributed by atoms with E-state index in [-0.39, 0.29) is 5.41 Å². The number of benzene rings is 6. The molecule has 5 heteroatoms. The van der Waals surface area contributed by atoms with Crippen molar-refractivity contribution in [1.29, 1.82) is 5.26 Å². The molecule has 0 N–H and O–H groups in total. The molecule has 0 spiro atoms. The number of fused-ring (bicyclic) bond motifs is 5. The zero-order chi connectivity index (χ0) is 38.5. The largest absolute Gasteiger partial charge is 0.309 e.